The number of nitrogens with one attached hydrogen (secondary N) is 3. The zero-order chi connectivity index (χ0) is 45.9. The summed E-state index contributed by atoms with van der Waals surface area (Å²) in [6, 6.07) is 13.9. The number of carbonyl (C=O) groups excluding carboxylic acids is 4. The molecule has 3 amide bonds. The summed E-state index contributed by atoms with van der Waals surface area (Å²) in [6.07, 6.45) is 5.75. The van der Waals surface area contributed by atoms with Crippen molar-refractivity contribution < 1.29 is 33.8 Å². The lowest BCUT2D eigenvalue weighted by Crippen LogP contribution is -2.59. The van der Waals surface area contributed by atoms with Crippen LogP contribution >= 0.6 is 0 Å². The van der Waals surface area contributed by atoms with E-state index in [2.05, 4.69) is 59.6 Å². The number of amides is 3. The second kappa shape index (κ2) is 19.4. The number of aromatic hydroxyl groups is 1. The van der Waals surface area contributed by atoms with Gasteiger partial charge in [0.25, 0.3) is 12.4 Å². The van der Waals surface area contributed by atoms with Crippen LogP contribution in [0.5, 0.6) is 5.75 Å². The molecule has 0 bridgehead atoms. The van der Waals surface area contributed by atoms with Crippen molar-refractivity contribution in [1.82, 2.24) is 35.5 Å². The number of hydrogen-bond acceptors (Lipinski definition) is 10. The highest BCUT2D eigenvalue weighted by Crippen LogP contribution is 2.57. The van der Waals surface area contributed by atoms with E-state index in [9.17, 15) is 24.3 Å². The number of aromatic nitrogens is 2. The molecule has 1 spiro atoms. The average Bonchev–Trinajstić information content (AvgIpc) is 3.63. The third-order valence-electron chi connectivity index (χ3n) is 13.7. The molecule has 4 N–H and O–H groups in total. The first-order chi connectivity index (χ1) is 30.6. The summed E-state index contributed by atoms with van der Waals surface area (Å²) in [6.45, 7) is 16.4. The van der Waals surface area contributed by atoms with Crippen molar-refractivity contribution in [1.29, 1.82) is 0 Å². The van der Waals surface area contributed by atoms with Gasteiger partial charge in [0, 0.05) is 80.8 Å². The Bertz CT molecular complexity index is 2350. The fourth-order valence-electron chi connectivity index (χ4n) is 10.2. The van der Waals surface area contributed by atoms with Crippen LogP contribution in [0.4, 0.5) is 0 Å². The lowest BCUT2D eigenvalue weighted by molar-refractivity contribution is -0.145. The number of likely N-dealkylation sites (N-methyl/N-ethyl adjacent to an activating group) is 1. The van der Waals surface area contributed by atoms with Crippen LogP contribution in [0.25, 0.3) is 33.3 Å². The maximum atomic E-state index is 14.4. The van der Waals surface area contributed by atoms with Gasteiger partial charge in [0.2, 0.25) is 11.8 Å². The summed E-state index contributed by atoms with van der Waals surface area (Å²) in [4.78, 5) is 60.3. The average molecular weight is 878 g/mol. The molecule has 2 aliphatic heterocycles. The molecule has 0 radical (unpaired) electrons. The molecule has 3 fully saturated rings. The third-order valence-corrected chi connectivity index (χ3v) is 13.7. The van der Waals surface area contributed by atoms with E-state index in [0.717, 1.165) is 83.3 Å². The zero-order valence-corrected chi connectivity index (χ0v) is 38.8. The van der Waals surface area contributed by atoms with E-state index in [0.29, 0.717) is 38.1 Å². The molecule has 344 valence electrons. The van der Waals surface area contributed by atoms with Crippen molar-refractivity contribution >= 4 is 35.1 Å². The molecule has 4 aromatic rings. The Labute approximate surface area is 377 Å². The van der Waals surface area contributed by atoms with E-state index in [-0.39, 0.29) is 59.9 Å². The molecule has 4 heterocycles. The van der Waals surface area contributed by atoms with Gasteiger partial charge < -0.3 is 34.7 Å². The number of aryl methyl sites for hydroxylation is 1. The van der Waals surface area contributed by atoms with Crippen molar-refractivity contribution in [3.05, 3.63) is 71.5 Å². The zero-order valence-electron chi connectivity index (χ0n) is 38.8. The van der Waals surface area contributed by atoms with E-state index >= 15 is 0 Å². The van der Waals surface area contributed by atoms with E-state index < -0.39 is 17.5 Å². The number of phenolic OH excluding ortho intramolecular Hbond substituents is 1. The summed E-state index contributed by atoms with van der Waals surface area (Å²) in [7, 11) is 3.38. The fraction of sp³-hybridized carbons (Fsp3) is 0.540. The molecular weight excluding hydrogens is 811 g/mol. The first kappa shape index (κ1) is 46.7. The van der Waals surface area contributed by atoms with Gasteiger partial charge in [-0.25, -0.2) is 5.43 Å². The van der Waals surface area contributed by atoms with Crippen LogP contribution in [0.3, 0.4) is 0 Å². The number of rotatable bonds is 18. The van der Waals surface area contributed by atoms with E-state index in [1.807, 2.05) is 39.0 Å². The van der Waals surface area contributed by atoms with Gasteiger partial charge in [-0.3, -0.25) is 29.2 Å². The highest BCUT2D eigenvalue weighted by molar-refractivity contribution is 5.96. The summed E-state index contributed by atoms with van der Waals surface area (Å²) in [5.74, 6) is -0.973. The maximum absolute atomic E-state index is 14.4. The SMILES string of the molecule is CCn1c(-c2cccnc2C(C)OC)c(CC(C)(C)COC=O)c2cc(-c3cc(O)cc(CC(NC(=O)C(C(C)C)N(C)C(=O)C4CC45CCNC5)C(=O)N4CCCCN4)c3)ccc21. The van der Waals surface area contributed by atoms with Gasteiger partial charge >= 0.3 is 0 Å². The lowest BCUT2D eigenvalue weighted by atomic mass is 9.84. The molecule has 5 atom stereocenters. The van der Waals surface area contributed by atoms with Gasteiger partial charge in [0.1, 0.15) is 17.8 Å². The molecule has 2 saturated heterocycles. The summed E-state index contributed by atoms with van der Waals surface area (Å²) < 4.78 is 13.4. The van der Waals surface area contributed by atoms with Crippen LogP contribution in [0.1, 0.15) is 90.2 Å². The van der Waals surface area contributed by atoms with Crippen LogP contribution in [0.15, 0.2) is 54.7 Å². The number of hydrogen-bond donors (Lipinski definition) is 4. The smallest absolute Gasteiger partial charge is 0.293 e. The van der Waals surface area contributed by atoms with Crippen molar-refractivity contribution in [3.63, 3.8) is 0 Å². The minimum atomic E-state index is -0.974. The highest BCUT2D eigenvalue weighted by Gasteiger charge is 2.60. The normalized spacial score (nSPS) is 20.0. The first-order valence-corrected chi connectivity index (χ1v) is 23.0. The number of pyridine rings is 1. The fourth-order valence-corrected chi connectivity index (χ4v) is 10.2. The molecule has 14 heteroatoms. The molecule has 14 nitrogen and oxygen atoms in total. The molecule has 2 aromatic heterocycles. The first-order valence-electron chi connectivity index (χ1n) is 23.0. The Hall–Kier alpha value is -5.31. The maximum Gasteiger partial charge on any atom is 0.293 e. The second-order valence-electron chi connectivity index (χ2n) is 19.3. The van der Waals surface area contributed by atoms with Crippen LogP contribution < -0.4 is 16.1 Å². The molecule has 1 aliphatic carbocycles. The topological polar surface area (TPSA) is 167 Å². The van der Waals surface area contributed by atoms with Crippen LogP contribution in [0.2, 0.25) is 0 Å². The number of phenols is 1. The number of ether oxygens (including phenoxy) is 2. The van der Waals surface area contributed by atoms with Gasteiger partial charge in [-0.05, 0) is 122 Å². The van der Waals surface area contributed by atoms with Crippen LogP contribution in [0, 0.1) is 22.7 Å². The van der Waals surface area contributed by atoms with Crippen molar-refractivity contribution in [2.75, 3.05) is 46.9 Å². The predicted molar refractivity (Wildman–Crippen MR) is 247 cm³/mol. The van der Waals surface area contributed by atoms with Crippen LogP contribution in [-0.4, -0.2) is 108 Å². The lowest BCUT2D eigenvalue weighted by Gasteiger charge is -2.34. The Morgan fingerprint density at radius 2 is 1.89 bits per heavy atom. The molecule has 3 aliphatic rings. The standard InChI is InChI=1S/C50H67N7O7/c1-9-56-42-15-14-34(25-38(42)39(26-49(5,6)29-64-30-58)45(56)37-13-12-17-52-43(37)32(4)63-8)35-21-33(22-36(59)24-35)23-41(48(62)57-20-11-10-18-53-57)54-46(60)44(31(2)3)55(7)47(61)40-27-50(40)16-19-51-28-50/h12-15,17,21-22,24-25,30-32,40-41,44,51,53,59H,9-11,16,18-20,23,26-29H2,1-8H3,(H,54,60). The van der Waals surface area contributed by atoms with E-state index in [4.69, 9.17) is 14.5 Å². The molecule has 64 heavy (non-hydrogen) atoms. The van der Waals surface area contributed by atoms with E-state index in [1.165, 1.54) is 0 Å². The Kier molecular flexibility index (Phi) is 14.2. The predicted octanol–water partition coefficient (Wildman–Crippen LogP) is 6.18. The summed E-state index contributed by atoms with van der Waals surface area (Å²) >= 11 is 0. The number of methoxy groups -OCH3 is 1. The number of benzene rings is 2. The largest absolute Gasteiger partial charge is 0.508 e. The molecule has 5 unspecified atom stereocenters. The van der Waals surface area contributed by atoms with Gasteiger partial charge in [-0.2, -0.15) is 0 Å². The second-order valence-corrected chi connectivity index (χ2v) is 19.3. The number of carbonyl (C=O) groups is 4. The molecule has 1 saturated carbocycles. The Morgan fingerprint density at radius 3 is 2.56 bits per heavy atom. The Morgan fingerprint density at radius 1 is 1.09 bits per heavy atom. The van der Waals surface area contributed by atoms with Crippen molar-refractivity contribution in [2.45, 2.75) is 105 Å². The third kappa shape index (κ3) is 9.69. The van der Waals surface area contributed by atoms with E-state index in [1.54, 1.807) is 42.4 Å². The quantitative estimate of drug-likeness (QED) is 0.0848. The molecule has 2 aromatic carbocycles. The van der Waals surface area contributed by atoms with Gasteiger partial charge in [-0.15, -0.1) is 0 Å². The number of hydrazine groups is 1. The van der Waals surface area contributed by atoms with Crippen molar-refractivity contribution in [2.24, 2.45) is 22.7 Å². The van der Waals surface area contributed by atoms with Crippen molar-refractivity contribution in [3.8, 4) is 28.1 Å². The monoisotopic (exact) mass is 878 g/mol. The minimum Gasteiger partial charge on any atom is -0.508 e. The van der Waals surface area contributed by atoms with Crippen LogP contribution in [-0.2, 0) is 48.0 Å². The number of fused-ring (bicyclic) bond motifs is 1. The molecular formula is C50H67N7O7. The van der Waals surface area contributed by atoms with Gasteiger partial charge in [0.15, 0.2) is 0 Å². The van der Waals surface area contributed by atoms with Gasteiger partial charge in [0.05, 0.1) is 24.1 Å². The summed E-state index contributed by atoms with van der Waals surface area (Å²) in [5, 5.41) is 20.4. The number of nitrogens with zero attached hydrogens (tertiary/aromatic N) is 4. The highest BCUT2D eigenvalue weighted by atomic mass is 16.5. The molecule has 7 rings (SSSR count). The summed E-state index contributed by atoms with van der Waals surface area (Å²) in [5.41, 5.74) is 9.90. The van der Waals surface area contributed by atoms with Gasteiger partial charge in [-0.1, -0.05) is 39.8 Å². The Balaban J connectivity index is 1.25. The minimum absolute atomic E-state index is 0.0164.